The molecular weight excluding hydrogens is 163 g/mol. The van der Waals surface area contributed by atoms with E-state index in [1.54, 1.807) is 6.92 Å². The zero-order chi connectivity index (χ0) is 8.69. The average molecular weight is 176 g/mol. The van der Waals surface area contributed by atoms with E-state index in [4.69, 9.17) is 0 Å². The minimum absolute atomic E-state index is 0.338. The van der Waals surface area contributed by atoms with Crippen LogP contribution in [0.4, 0.5) is 0 Å². The molecule has 0 N–H and O–H groups in total. The molecule has 4 heteroatoms. The van der Waals surface area contributed by atoms with Crippen molar-refractivity contribution in [1.82, 2.24) is 0 Å². The first-order chi connectivity index (χ1) is 5.20. The Morgan fingerprint density at radius 3 is 2.73 bits per heavy atom. The fourth-order valence-electron chi connectivity index (χ4n) is 0.582. The van der Waals surface area contributed by atoms with Crippen molar-refractivity contribution in [3.8, 4) is 0 Å². The molecule has 11 heavy (non-hydrogen) atoms. The molecule has 0 aromatic carbocycles. The molecule has 0 radical (unpaired) electrons. The van der Waals surface area contributed by atoms with Crippen LogP contribution in [-0.2, 0) is 9.53 Å². The summed E-state index contributed by atoms with van der Waals surface area (Å²) in [5.41, 5.74) is 0. The number of ether oxygens (including phenoxy) is 1. The number of carbonyl (C=O) groups excluding carboxylic acids is 1. The lowest BCUT2D eigenvalue weighted by molar-refractivity contribution is -0.153. The molecule has 64 valence electrons. The van der Waals surface area contributed by atoms with Gasteiger partial charge in [0.25, 0.3) is 0 Å². The van der Waals surface area contributed by atoms with E-state index in [0.717, 1.165) is 12.2 Å². The monoisotopic (exact) mass is 176 g/mol. The van der Waals surface area contributed by atoms with E-state index in [1.165, 1.54) is 0 Å². The molecule has 0 aromatic heterocycles. The summed E-state index contributed by atoms with van der Waals surface area (Å²) in [5, 5.41) is 0. The number of rotatable bonds is 4. The molecule has 0 spiro atoms. The van der Waals surface area contributed by atoms with Gasteiger partial charge in [0.05, 0.1) is 14.4 Å². The molecule has 0 aromatic rings. The number of esters is 1. The van der Waals surface area contributed by atoms with E-state index in [-0.39, 0.29) is 0 Å². The maximum absolute atomic E-state index is 10.9. The largest absolute Gasteiger partial charge is 0.630 e. The predicted molar refractivity (Wildman–Crippen MR) is 44.8 cm³/mol. The van der Waals surface area contributed by atoms with Crippen molar-refractivity contribution in [3.05, 3.63) is 0 Å². The average Bonchev–Trinajstić information content (AvgIpc) is 1.87. The smallest absolute Gasteiger partial charge is 0.373 e. The second-order valence-electron chi connectivity index (χ2n) is 2.02. The first kappa shape index (κ1) is 10.6. The normalized spacial score (nSPS) is 11.4. The van der Waals surface area contributed by atoms with Gasteiger partial charge in [0.2, 0.25) is 0 Å². The lowest BCUT2D eigenvalue weighted by atomic mass is 10.6. The third-order valence-corrected chi connectivity index (χ3v) is 2.37. The Labute approximate surface area is 67.8 Å². The van der Waals surface area contributed by atoms with Gasteiger partial charge in [0, 0.05) is 0 Å². The number of carbonyl (C=O) groups is 1. The van der Waals surface area contributed by atoms with Gasteiger partial charge in [0.1, 0.15) is 6.16 Å². The molecule has 0 bridgehead atoms. The quantitative estimate of drug-likeness (QED) is 0.463. The fraction of sp³-hybridized carbons (Fsp3) is 0.714. The van der Waals surface area contributed by atoms with Crippen LogP contribution < -0.4 is 4.89 Å². The van der Waals surface area contributed by atoms with Crippen molar-refractivity contribution in [3.63, 3.8) is 0 Å². The van der Waals surface area contributed by atoms with E-state index in [1.807, 2.05) is 6.92 Å². The summed E-state index contributed by atoms with van der Waals surface area (Å²) in [4.78, 5) is 21.6. The van der Waals surface area contributed by atoms with Gasteiger partial charge < -0.3 is 9.63 Å². The SMILES string of the molecule is CCC[P+]([O-])=CC(=O)OCC. The van der Waals surface area contributed by atoms with Crippen LogP contribution in [0.1, 0.15) is 20.3 Å². The highest BCUT2D eigenvalue weighted by molar-refractivity contribution is 7.52. The van der Waals surface area contributed by atoms with Gasteiger partial charge in [-0.1, -0.05) is 6.92 Å². The Morgan fingerprint density at radius 1 is 1.64 bits per heavy atom. The fourth-order valence-corrected chi connectivity index (χ4v) is 1.46. The molecule has 1 atom stereocenters. The highest BCUT2D eigenvalue weighted by Crippen LogP contribution is 2.09. The molecule has 0 fully saturated rings. The Kier molecular flexibility index (Phi) is 6.09. The first-order valence-corrected chi connectivity index (χ1v) is 5.17. The molecule has 0 saturated heterocycles. The summed E-state index contributed by atoms with van der Waals surface area (Å²) >= 11 is 0. The molecule has 0 heterocycles. The van der Waals surface area contributed by atoms with E-state index < -0.39 is 13.7 Å². The van der Waals surface area contributed by atoms with Crippen LogP contribution in [0, 0.1) is 0 Å². The minimum atomic E-state index is -1.48. The van der Waals surface area contributed by atoms with Gasteiger partial charge >= 0.3 is 5.97 Å². The number of hydrogen-bond donors (Lipinski definition) is 0. The molecule has 0 rings (SSSR count). The topological polar surface area (TPSA) is 49.4 Å². The summed E-state index contributed by atoms with van der Waals surface area (Å²) in [7, 11) is -1.48. The van der Waals surface area contributed by atoms with Gasteiger partial charge in [-0.2, -0.15) is 0 Å². The third kappa shape index (κ3) is 6.02. The summed E-state index contributed by atoms with van der Waals surface area (Å²) < 4.78 is 4.58. The summed E-state index contributed by atoms with van der Waals surface area (Å²) in [5.74, 6) is 0.685. The maximum Gasteiger partial charge on any atom is 0.373 e. The lowest BCUT2D eigenvalue weighted by Crippen LogP contribution is -2.07. The van der Waals surface area contributed by atoms with E-state index in [2.05, 4.69) is 4.74 Å². The molecule has 0 aliphatic carbocycles. The highest BCUT2D eigenvalue weighted by atomic mass is 31.1. The van der Waals surface area contributed by atoms with Crippen molar-refractivity contribution in [2.24, 2.45) is 0 Å². The highest BCUT2D eigenvalue weighted by Gasteiger charge is 2.01. The first-order valence-electron chi connectivity index (χ1n) is 3.66. The van der Waals surface area contributed by atoms with Crippen LogP contribution in [0.5, 0.6) is 0 Å². The summed E-state index contributed by atoms with van der Waals surface area (Å²) in [6, 6.07) is 0. The molecule has 1 unspecified atom stereocenters. The van der Waals surface area contributed by atoms with Crippen LogP contribution >= 0.6 is 7.77 Å². The molecular formula is C7H13O3P. The van der Waals surface area contributed by atoms with Crippen LogP contribution in [0.2, 0.25) is 0 Å². The lowest BCUT2D eigenvalue weighted by Gasteiger charge is -1.95. The second-order valence-corrected chi connectivity index (χ2v) is 3.56. The van der Waals surface area contributed by atoms with Crippen molar-refractivity contribution in [2.75, 3.05) is 12.8 Å². The van der Waals surface area contributed by atoms with Crippen molar-refractivity contribution < 1.29 is 14.4 Å². The minimum Gasteiger partial charge on any atom is -0.630 e. The van der Waals surface area contributed by atoms with Crippen LogP contribution in [0.15, 0.2) is 0 Å². The van der Waals surface area contributed by atoms with Gasteiger partial charge in [-0.3, -0.25) is 0 Å². The Hall–Kier alpha value is -0.400. The molecule has 0 saturated carbocycles. The predicted octanol–water partition coefficient (Wildman–Crippen LogP) is 0.519. The summed E-state index contributed by atoms with van der Waals surface area (Å²) in [6.45, 7) is 3.98. The van der Waals surface area contributed by atoms with Gasteiger partial charge in [0.15, 0.2) is 5.80 Å². The standard InChI is InChI=1S/C7H13O3P/c1-3-5-11(9)6-7(8)10-4-2/h6H,3-5H2,1-2H3. The third-order valence-electron chi connectivity index (χ3n) is 0.980. The zero-order valence-electron chi connectivity index (χ0n) is 6.87. The summed E-state index contributed by atoms with van der Waals surface area (Å²) in [6.07, 6.45) is 1.39. The second kappa shape index (κ2) is 6.32. The van der Waals surface area contributed by atoms with Gasteiger partial charge in [-0.05, 0) is 13.3 Å². The van der Waals surface area contributed by atoms with E-state index in [0.29, 0.717) is 12.8 Å². The number of hydrogen-bond acceptors (Lipinski definition) is 3. The van der Waals surface area contributed by atoms with Crippen LogP contribution in [0.3, 0.4) is 0 Å². The molecule has 3 nitrogen and oxygen atoms in total. The molecule has 0 aliphatic heterocycles. The Balaban J connectivity index is 3.76. The van der Waals surface area contributed by atoms with Crippen molar-refractivity contribution in [2.45, 2.75) is 20.3 Å². The van der Waals surface area contributed by atoms with Crippen molar-refractivity contribution in [1.29, 1.82) is 0 Å². The van der Waals surface area contributed by atoms with E-state index >= 15 is 0 Å². The molecule has 0 aliphatic rings. The van der Waals surface area contributed by atoms with Crippen LogP contribution in [-0.4, -0.2) is 24.5 Å². The van der Waals surface area contributed by atoms with E-state index in [9.17, 15) is 9.69 Å². The molecule has 0 amide bonds. The van der Waals surface area contributed by atoms with Crippen molar-refractivity contribution >= 4 is 19.5 Å². The Bertz CT molecular complexity index is 154. The van der Waals surface area contributed by atoms with Crippen LogP contribution in [0.25, 0.3) is 0 Å². The van der Waals surface area contributed by atoms with Gasteiger partial charge in [-0.25, -0.2) is 4.79 Å². The Morgan fingerprint density at radius 2 is 2.27 bits per heavy atom. The van der Waals surface area contributed by atoms with Gasteiger partial charge in [-0.15, -0.1) is 0 Å². The maximum atomic E-state index is 10.9. The zero-order valence-corrected chi connectivity index (χ0v) is 7.77.